The zero-order valence-corrected chi connectivity index (χ0v) is 9.92. The van der Waals surface area contributed by atoms with Gasteiger partial charge in [-0.2, -0.15) is 9.61 Å². The lowest BCUT2D eigenvalue weighted by Gasteiger charge is -2.01. The summed E-state index contributed by atoms with van der Waals surface area (Å²) in [7, 11) is 0. The van der Waals surface area contributed by atoms with Gasteiger partial charge in [0.05, 0.1) is 14.8 Å². The SMILES string of the molecule is Cc1nn2c(N)c(C)c(=O)[nH]c2c1I. The maximum Gasteiger partial charge on any atom is 0.256 e. The van der Waals surface area contributed by atoms with Gasteiger partial charge in [0, 0.05) is 0 Å². The van der Waals surface area contributed by atoms with Crippen LogP contribution in [-0.2, 0) is 0 Å². The summed E-state index contributed by atoms with van der Waals surface area (Å²) in [6.07, 6.45) is 0. The summed E-state index contributed by atoms with van der Waals surface area (Å²) in [4.78, 5) is 14.2. The Bertz CT molecular complexity index is 569. The van der Waals surface area contributed by atoms with Gasteiger partial charge in [0.15, 0.2) is 5.65 Å². The fourth-order valence-electron chi connectivity index (χ4n) is 1.27. The molecule has 3 N–H and O–H groups in total. The number of anilines is 1. The average Bonchev–Trinajstić information content (AvgIpc) is 2.42. The lowest BCUT2D eigenvalue weighted by atomic mass is 10.3. The maximum atomic E-state index is 11.4. The van der Waals surface area contributed by atoms with Gasteiger partial charge in [-0.3, -0.25) is 4.79 Å². The molecule has 6 heteroatoms. The van der Waals surface area contributed by atoms with Crippen LogP contribution in [0.15, 0.2) is 4.79 Å². The Morgan fingerprint density at radius 1 is 1.50 bits per heavy atom. The summed E-state index contributed by atoms with van der Waals surface area (Å²) in [6, 6.07) is 0. The van der Waals surface area contributed by atoms with Gasteiger partial charge in [0.25, 0.3) is 5.56 Å². The van der Waals surface area contributed by atoms with Crippen LogP contribution in [0.5, 0.6) is 0 Å². The van der Waals surface area contributed by atoms with Gasteiger partial charge in [-0.05, 0) is 36.4 Å². The molecule has 0 atom stereocenters. The lowest BCUT2D eigenvalue weighted by molar-refractivity contribution is 0.911. The smallest absolute Gasteiger partial charge is 0.256 e. The van der Waals surface area contributed by atoms with Crippen molar-refractivity contribution >= 4 is 34.1 Å². The van der Waals surface area contributed by atoms with Crippen LogP contribution in [0, 0.1) is 17.4 Å². The van der Waals surface area contributed by atoms with E-state index in [1.807, 2.05) is 6.92 Å². The van der Waals surface area contributed by atoms with Crippen molar-refractivity contribution in [2.45, 2.75) is 13.8 Å². The Labute approximate surface area is 93.5 Å². The Morgan fingerprint density at radius 2 is 2.14 bits per heavy atom. The van der Waals surface area contributed by atoms with Crippen molar-refractivity contribution in [1.29, 1.82) is 0 Å². The van der Waals surface area contributed by atoms with Crippen LogP contribution >= 0.6 is 22.6 Å². The first-order valence-corrected chi connectivity index (χ1v) is 5.13. The average molecular weight is 304 g/mol. The normalized spacial score (nSPS) is 11.1. The maximum absolute atomic E-state index is 11.4. The molecule has 0 aliphatic rings. The molecule has 2 heterocycles. The van der Waals surface area contributed by atoms with E-state index in [0.29, 0.717) is 17.0 Å². The molecule has 0 aliphatic carbocycles. The molecule has 74 valence electrons. The summed E-state index contributed by atoms with van der Waals surface area (Å²) < 4.78 is 2.49. The molecule has 0 bridgehead atoms. The molecule has 0 saturated carbocycles. The molecule has 2 rings (SSSR count). The Morgan fingerprint density at radius 3 is 2.79 bits per heavy atom. The molecule has 2 aromatic heterocycles. The number of fused-ring (bicyclic) bond motifs is 1. The summed E-state index contributed by atoms with van der Waals surface area (Å²) in [5, 5.41) is 4.23. The molecule has 5 nitrogen and oxygen atoms in total. The second-order valence-corrected chi connectivity index (χ2v) is 4.20. The van der Waals surface area contributed by atoms with Crippen LogP contribution in [0.1, 0.15) is 11.3 Å². The van der Waals surface area contributed by atoms with E-state index in [0.717, 1.165) is 9.26 Å². The summed E-state index contributed by atoms with van der Waals surface area (Å²) in [6.45, 7) is 3.55. The number of halogens is 1. The third-order valence-electron chi connectivity index (χ3n) is 2.17. The quantitative estimate of drug-likeness (QED) is 0.708. The van der Waals surface area contributed by atoms with Gasteiger partial charge in [-0.25, -0.2) is 0 Å². The van der Waals surface area contributed by atoms with Gasteiger partial charge in [0.1, 0.15) is 5.82 Å². The monoisotopic (exact) mass is 304 g/mol. The van der Waals surface area contributed by atoms with E-state index >= 15 is 0 Å². The van der Waals surface area contributed by atoms with Gasteiger partial charge >= 0.3 is 0 Å². The van der Waals surface area contributed by atoms with E-state index in [9.17, 15) is 4.79 Å². The van der Waals surface area contributed by atoms with Gasteiger partial charge in [0.2, 0.25) is 0 Å². The molecule has 0 aromatic carbocycles. The van der Waals surface area contributed by atoms with Crippen LogP contribution in [0.2, 0.25) is 0 Å². The Balaban J connectivity index is 3.05. The molecular formula is C8H9IN4O. The number of hydrogen-bond donors (Lipinski definition) is 2. The highest BCUT2D eigenvalue weighted by Gasteiger charge is 2.12. The predicted molar refractivity (Wildman–Crippen MR) is 62.4 cm³/mol. The number of aromatic amines is 1. The summed E-state index contributed by atoms with van der Waals surface area (Å²) in [5.41, 5.74) is 7.64. The van der Waals surface area contributed by atoms with E-state index < -0.39 is 0 Å². The van der Waals surface area contributed by atoms with Crippen LogP contribution in [0.3, 0.4) is 0 Å². The predicted octanol–water partition coefficient (Wildman–Crippen LogP) is 0.826. The second-order valence-electron chi connectivity index (χ2n) is 3.12. The van der Waals surface area contributed by atoms with Crippen molar-refractivity contribution in [3.05, 3.63) is 25.2 Å². The number of hydrogen-bond acceptors (Lipinski definition) is 3. The van der Waals surface area contributed by atoms with E-state index in [4.69, 9.17) is 5.73 Å². The zero-order valence-electron chi connectivity index (χ0n) is 7.76. The van der Waals surface area contributed by atoms with E-state index in [2.05, 4.69) is 32.7 Å². The van der Waals surface area contributed by atoms with E-state index in [1.165, 1.54) is 0 Å². The number of H-pyrrole nitrogens is 1. The van der Waals surface area contributed by atoms with E-state index in [1.54, 1.807) is 11.4 Å². The molecule has 0 fully saturated rings. The van der Waals surface area contributed by atoms with Crippen molar-refractivity contribution in [3.8, 4) is 0 Å². The minimum absolute atomic E-state index is 0.159. The standard InChI is InChI=1S/C8H9IN4O/c1-3-6(10)13-7(11-8(3)14)5(9)4(2)12-13/h10H2,1-2H3,(H,11,14). The van der Waals surface area contributed by atoms with Crippen LogP contribution in [-0.4, -0.2) is 14.6 Å². The molecule has 0 saturated heterocycles. The third-order valence-corrected chi connectivity index (χ3v) is 3.46. The molecular weight excluding hydrogens is 295 g/mol. The molecule has 0 radical (unpaired) electrons. The minimum Gasteiger partial charge on any atom is -0.383 e. The topological polar surface area (TPSA) is 76.2 Å². The van der Waals surface area contributed by atoms with Crippen LogP contribution in [0.25, 0.3) is 5.65 Å². The van der Waals surface area contributed by atoms with Crippen molar-refractivity contribution < 1.29 is 0 Å². The highest BCUT2D eigenvalue weighted by atomic mass is 127. The van der Waals surface area contributed by atoms with Gasteiger partial charge in [-0.1, -0.05) is 0 Å². The first-order chi connectivity index (χ1) is 6.52. The number of aryl methyl sites for hydroxylation is 1. The molecule has 2 aromatic rings. The van der Waals surface area contributed by atoms with Gasteiger partial charge in [-0.15, -0.1) is 0 Å². The number of nitrogens with one attached hydrogen (secondary N) is 1. The van der Waals surface area contributed by atoms with Crippen LogP contribution in [0.4, 0.5) is 5.82 Å². The third kappa shape index (κ3) is 1.13. The molecule has 0 amide bonds. The highest BCUT2D eigenvalue weighted by molar-refractivity contribution is 14.1. The zero-order chi connectivity index (χ0) is 10.5. The Hall–Kier alpha value is -1.05. The number of nitrogens with zero attached hydrogens (tertiary/aromatic N) is 2. The first kappa shape index (κ1) is 9.50. The highest BCUT2D eigenvalue weighted by Crippen LogP contribution is 2.17. The Kier molecular flexibility index (Phi) is 2.02. The summed E-state index contributed by atoms with van der Waals surface area (Å²) in [5.74, 6) is 0.398. The van der Waals surface area contributed by atoms with E-state index in [-0.39, 0.29) is 5.56 Å². The van der Waals surface area contributed by atoms with Crippen molar-refractivity contribution in [2.24, 2.45) is 0 Å². The lowest BCUT2D eigenvalue weighted by Crippen LogP contribution is -2.16. The fraction of sp³-hybridized carbons (Fsp3) is 0.250. The van der Waals surface area contributed by atoms with Crippen molar-refractivity contribution in [1.82, 2.24) is 14.6 Å². The number of nitrogens with two attached hydrogens (primary N) is 1. The fourth-order valence-corrected chi connectivity index (χ4v) is 1.74. The number of nitrogen functional groups attached to an aromatic ring is 1. The first-order valence-electron chi connectivity index (χ1n) is 4.05. The van der Waals surface area contributed by atoms with Crippen molar-refractivity contribution in [2.75, 3.05) is 5.73 Å². The number of aromatic nitrogens is 3. The molecule has 0 unspecified atom stereocenters. The molecule has 0 aliphatic heterocycles. The van der Waals surface area contributed by atoms with Gasteiger partial charge < -0.3 is 10.7 Å². The molecule has 14 heavy (non-hydrogen) atoms. The number of rotatable bonds is 0. The van der Waals surface area contributed by atoms with Crippen molar-refractivity contribution in [3.63, 3.8) is 0 Å². The molecule has 0 spiro atoms. The minimum atomic E-state index is -0.159. The largest absolute Gasteiger partial charge is 0.383 e. The summed E-state index contributed by atoms with van der Waals surface area (Å²) >= 11 is 2.13. The second kappa shape index (κ2) is 2.97. The van der Waals surface area contributed by atoms with Crippen LogP contribution < -0.4 is 11.3 Å².